The molecule has 1 aromatic heterocycles. The van der Waals surface area contributed by atoms with E-state index in [1.165, 1.54) is 0 Å². The van der Waals surface area contributed by atoms with Crippen LogP contribution in [0.3, 0.4) is 0 Å². The van der Waals surface area contributed by atoms with Gasteiger partial charge in [-0.05, 0) is 0 Å². The third kappa shape index (κ3) is 1.95. The number of nitrogens with zero attached hydrogens (tertiary/aromatic N) is 1. The van der Waals surface area contributed by atoms with Crippen LogP contribution in [0.1, 0.15) is 22.3 Å². The highest BCUT2D eigenvalue weighted by atomic mass is 19.3. The van der Waals surface area contributed by atoms with E-state index in [2.05, 4.69) is 9.72 Å². The monoisotopic (exact) mass is 218 g/mol. The lowest BCUT2D eigenvalue weighted by Gasteiger charge is -2.11. The number of anilines is 1. The molecule has 1 aromatic rings. The van der Waals surface area contributed by atoms with Gasteiger partial charge < -0.3 is 15.6 Å². The second-order valence-corrected chi connectivity index (χ2v) is 2.61. The highest BCUT2D eigenvalue weighted by Crippen LogP contribution is 2.35. The molecule has 0 radical (unpaired) electrons. The van der Waals surface area contributed by atoms with Crippen molar-refractivity contribution in [1.29, 1.82) is 0 Å². The summed E-state index contributed by atoms with van der Waals surface area (Å²) in [6.07, 6.45) is -2.21. The van der Waals surface area contributed by atoms with Crippen molar-refractivity contribution >= 4 is 11.8 Å². The minimum absolute atomic E-state index is 0.266. The summed E-state index contributed by atoms with van der Waals surface area (Å²) in [4.78, 5) is 14.1. The van der Waals surface area contributed by atoms with E-state index in [0.717, 1.165) is 13.3 Å². The average molecular weight is 218 g/mol. The van der Waals surface area contributed by atoms with E-state index in [1.807, 2.05) is 0 Å². The largest absolute Gasteiger partial charge is 0.492 e. The molecule has 0 fully saturated rings. The average Bonchev–Trinajstić information content (AvgIpc) is 2.16. The topological polar surface area (TPSA) is 85.4 Å². The van der Waals surface area contributed by atoms with E-state index < -0.39 is 29.3 Å². The van der Waals surface area contributed by atoms with Crippen LogP contribution in [-0.2, 0) is 0 Å². The number of pyridine rings is 1. The molecule has 0 spiro atoms. The predicted octanol–water partition coefficient (Wildman–Crippen LogP) is 1.31. The summed E-state index contributed by atoms with van der Waals surface area (Å²) in [6.45, 7) is 0. The molecular formula is C8H8F2N2O3. The molecule has 0 bridgehead atoms. The minimum Gasteiger partial charge on any atom is -0.492 e. The van der Waals surface area contributed by atoms with Gasteiger partial charge in [-0.2, -0.15) is 0 Å². The van der Waals surface area contributed by atoms with Crippen molar-refractivity contribution in [3.8, 4) is 5.75 Å². The first-order chi connectivity index (χ1) is 6.99. The number of carboxylic acids is 1. The van der Waals surface area contributed by atoms with Crippen LogP contribution < -0.4 is 10.5 Å². The highest BCUT2D eigenvalue weighted by Gasteiger charge is 2.25. The Morgan fingerprint density at radius 3 is 2.67 bits per heavy atom. The zero-order chi connectivity index (χ0) is 11.6. The highest BCUT2D eigenvalue weighted by molar-refractivity contribution is 5.90. The summed E-state index contributed by atoms with van der Waals surface area (Å²) in [5.41, 5.74) is 3.91. The number of aromatic carboxylic acids is 1. The number of carbonyl (C=O) groups is 1. The second kappa shape index (κ2) is 4.07. The zero-order valence-corrected chi connectivity index (χ0v) is 7.70. The number of ether oxygens (including phenoxy) is 1. The summed E-state index contributed by atoms with van der Waals surface area (Å²) >= 11 is 0. The van der Waals surface area contributed by atoms with Crippen molar-refractivity contribution in [2.24, 2.45) is 0 Å². The van der Waals surface area contributed by atoms with Gasteiger partial charge in [0.2, 0.25) is 0 Å². The van der Waals surface area contributed by atoms with Gasteiger partial charge in [-0.15, -0.1) is 0 Å². The fourth-order valence-electron chi connectivity index (χ4n) is 1.12. The van der Waals surface area contributed by atoms with Gasteiger partial charge in [-0.25, -0.2) is 18.6 Å². The number of carboxylic acid groups (broad SMARTS) is 1. The number of alkyl halides is 2. The van der Waals surface area contributed by atoms with Gasteiger partial charge in [0.15, 0.2) is 11.6 Å². The number of nitrogen functional groups attached to an aromatic ring is 1. The van der Waals surface area contributed by atoms with Crippen LogP contribution in [-0.4, -0.2) is 23.2 Å². The van der Waals surface area contributed by atoms with Crippen molar-refractivity contribution in [2.45, 2.75) is 6.43 Å². The lowest BCUT2D eigenvalue weighted by atomic mass is 10.1. The molecular weight excluding hydrogens is 210 g/mol. The van der Waals surface area contributed by atoms with Crippen LogP contribution in [0.2, 0.25) is 0 Å². The van der Waals surface area contributed by atoms with Crippen LogP contribution >= 0.6 is 0 Å². The molecule has 82 valence electrons. The van der Waals surface area contributed by atoms with E-state index >= 15 is 0 Å². The number of nitrogens with two attached hydrogens (primary N) is 1. The molecule has 1 rings (SSSR count). The Bertz CT molecular complexity index is 396. The maximum Gasteiger partial charge on any atom is 0.337 e. The summed E-state index contributed by atoms with van der Waals surface area (Å²) < 4.78 is 29.8. The fraction of sp³-hybridized carbons (Fsp3) is 0.250. The van der Waals surface area contributed by atoms with Crippen molar-refractivity contribution in [1.82, 2.24) is 4.98 Å². The van der Waals surface area contributed by atoms with Gasteiger partial charge in [0.25, 0.3) is 6.43 Å². The van der Waals surface area contributed by atoms with Crippen LogP contribution in [0, 0.1) is 0 Å². The summed E-state index contributed by atoms with van der Waals surface area (Å²) in [5, 5.41) is 8.66. The molecule has 0 aliphatic carbocycles. The van der Waals surface area contributed by atoms with Crippen LogP contribution in [0.15, 0.2) is 6.20 Å². The molecule has 0 atom stereocenters. The van der Waals surface area contributed by atoms with E-state index in [1.54, 1.807) is 0 Å². The van der Waals surface area contributed by atoms with Gasteiger partial charge in [0, 0.05) is 6.20 Å². The van der Waals surface area contributed by atoms with Gasteiger partial charge in [0.05, 0.1) is 18.2 Å². The number of hydrogen-bond acceptors (Lipinski definition) is 4. The Morgan fingerprint density at radius 2 is 2.27 bits per heavy atom. The molecule has 0 aliphatic heterocycles. The van der Waals surface area contributed by atoms with Crippen molar-refractivity contribution in [3.05, 3.63) is 17.3 Å². The maximum atomic E-state index is 12.6. The van der Waals surface area contributed by atoms with Gasteiger partial charge in [-0.1, -0.05) is 0 Å². The van der Waals surface area contributed by atoms with E-state index in [4.69, 9.17) is 10.8 Å². The van der Waals surface area contributed by atoms with Crippen molar-refractivity contribution in [2.75, 3.05) is 12.8 Å². The Labute approximate surface area is 83.5 Å². The maximum absolute atomic E-state index is 12.6. The molecule has 1 heterocycles. The van der Waals surface area contributed by atoms with Crippen molar-refractivity contribution < 1.29 is 23.4 Å². The third-order valence-electron chi connectivity index (χ3n) is 1.75. The normalized spacial score (nSPS) is 10.4. The first-order valence-electron chi connectivity index (χ1n) is 3.82. The van der Waals surface area contributed by atoms with Gasteiger partial charge >= 0.3 is 5.97 Å². The summed E-state index contributed by atoms with van der Waals surface area (Å²) in [5.74, 6) is -2.17. The third-order valence-corrected chi connectivity index (χ3v) is 1.75. The Hall–Kier alpha value is -1.92. The zero-order valence-electron chi connectivity index (χ0n) is 7.70. The summed E-state index contributed by atoms with van der Waals surface area (Å²) in [6, 6.07) is 0. The quantitative estimate of drug-likeness (QED) is 0.798. The SMILES string of the molecule is COc1c(N)ncc(C(=O)O)c1C(F)F. The number of halogens is 2. The van der Waals surface area contributed by atoms with E-state index in [9.17, 15) is 13.6 Å². The molecule has 0 saturated heterocycles. The predicted molar refractivity (Wildman–Crippen MR) is 47.1 cm³/mol. The Kier molecular flexibility index (Phi) is 3.03. The first-order valence-corrected chi connectivity index (χ1v) is 3.82. The molecule has 0 saturated carbocycles. The molecule has 0 aromatic carbocycles. The van der Waals surface area contributed by atoms with E-state index in [-0.39, 0.29) is 5.82 Å². The first kappa shape index (κ1) is 11.2. The Morgan fingerprint density at radius 1 is 1.67 bits per heavy atom. The number of aromatic nitrogens is 1. The summed E-state index contributed by atoms with van der Waals surface area (Å²) in [7, 11) is 1.12. The second-order valence-electron chi connectivity index (χ2n) is 2.61. The molecule has 0 unspecified atom stereocenters. The number of rotatable bonds is 3. The van der Waals surface area contributed by atoms with Crippen LogP contribution in [0.25, 0.3) is 0 Å². The molecule has 3 N–H and O–H groups in total. The molecule has 15 heavy (non-hydrogen) atoms. The molecule has 7 heteroatoms. The minimum atomic E-state index is -2.99. The lowest BCUT2D eigenvalue weighted by Crippen LogP contribution is -2.09. The smallest absolute Gasteiger partial charge is 0.337 e. The lowest BCUT2D eigenvalue weighted by molar-refractivity contribution is 0.0682. The standard InChI is InChI=1S/C8H8F2N2O3/c1-15-5-4(6(9)10)3(8(13)14)2-12-7(5)11/h2,6H,1H3,(H2,11,12)(H,13,14). The molecule has 5 nitrogen and oxygen atoms in total. The van der Waals surface area contributed by atoms with Crippen molar-refractivity contribution in [3.63, 3.8) is 0 Å². The van der Waals surface area contributed by atoms with Gasteiger partial charge in [-0.3, -0.25) is 0 Å². The fourth-order valence-corrected chi connectivity index (χ4v) is 1.12. The Balaban J connectivity index is 3.49. The molecule has 0 aliphatic rings. The number of methoxy groups -OCH3 is 1. The number of hydrogen-bond donors (Lipinski definition) is 2. The van der Waals surface area contributed by atoms with Crippen LogP contribution in [0.5, 0.6) is 5.75 Å². The molecule has 0 amide bonds. The van der Waals surface area contributed by atoms with Gasteiger partial charge in [0.1, 0.15) is 0 Å². The van der Waals surface area contributed by atoms with E-state index in [0.29, 0.717) is 0 Å². The van der Waals surface area contributed by atoms with Crippen LogP contribution in [0.4, 0.5) is 14.6 Å².